The predicted octanol–water partition coefficient (Wildman–Crippen LogP) is 2.03. The summed E-state index contributed by atoms with van der Waals surface area (Å²) in [6.45, 7) is 6.43. The monoisotopic (exact) mass is 451 g/mol. The molecule has 0 aliphatic carbocycles. The molecule has 2 amide bonds. The summed E-state index contributed by atoms with van der Waals surface area (Å²) in [5.41, 5.74) is 6.24. The molecule has 3 rings (SSSR count). The maximum absolute atomic E-state index is 13.1. The van der Waals surface area contributed by atoms with Gasteiger partial charge in [0, 0.05) is 29.8 Å². The van der Waals surface area contributed by atoms with Gasteiger partial charge in [0.1, 0.15) is 11.4 Å². The number of nitrogens with one attached hydrogen (secondary N) is 3. The summed E-state index contributed by atoms with van der Waals surface area (Å²) in [4.78, 5) is 30.9. The highest BCUT2D eigenvalue weighted by Gasteiger charge is 2.36. The number of anilines is 1. The zero-order valence-electron chi connectivity index (χ0n) is 18.5. The van der Waals surface area contributed by atoms with Gasteiger partial charge < -0.3 is 25.5 Å². The smallest absolute Gasteiger partial charge is 0.278 e. The van der Waals surface area contributed by atoms with Crippen LogP contribution in [0.3, 0.4) is 0 Å². The van der Waals surface area contributed by atoms with E-state index in [2.05, 4.69) is 21.2 Å². The van der Waals surface area contributed by atoms with Crippen LogP contribution in [-0.2, 0) is 16.1 Å². The summed E-state index contributed by atoms with van der Waals surface area (Å²) in [5.74, 6) is -3.45. The third kappa shape index (κ3) is 4.98. The molecule has 0 bridgehead atoms. The summed E-state index contributed by atoms with van der Waals surface area (Å²) in [6.07, 6.45) is 3.14. The number of hydrogen-bond acceptors (Lipinski definition) is 7. The average Bonchev–Trinajstić information content (AvgIpc) is 3.03. The Morgan fingerprint density at radius 2 is 2.06 bits per heavy atom. The molecule has 2 aliphatic rings. The second kappa shape index (κ2) is 8.38. The number of fused-ring (bicyclic) bond motifs is 1. The number of carbonyl (C=O) groups is 2. The topological polar surface area (TPSA) is 116 Å². The molecule has 0 fully saturated rings. The minimum absolute atomic E-state index is 0.180. The number of pyridine rings is 1. The summed E-state index contributed by atoms with van der Waals surface area (Å²) >= 11 is 0. The first-order chi connectivity index (χ1) is 14.8. The van der Waals surface area contributed by atoms with Crippen LogP contribution in [-0.4, -0.2) is 51.0 Å². The molecule has 1 aromatic heterocycles. The number of alkyl halides is 2. The standard InChI is InChI=1S/C21H27F2N5O4/c1-11-8-15(26-27-17(11)32-10-21(5,22)23)12(2)28-9-14-13(18(28)29)6-7-24-16(14)25-19(30)20(3,4)31/h6-8,12,26-27,31H,9-10H2,1-5H3,(H,24,25,30). The molecule has 1 aromatic rings. The Kier molecular flexibility index (Phi) is 6.14. The maximum Gasteiger partial charge on any atom is 0.278 e. The van der Waals surface area contributed by atoms with E-state index in [-0.39, 0.29) is 24.2 Å². The fourth-order valence-corrected chi connectivity index (χ4v) is 3.23. The zero-order valence-corrected chi connectivity index (χ0v) is 18.5. The molecule has 0 saturated carbocycles. The fraction of sp³-hybridized carbons (Fsp3) is 0.476. The van der Waals surface area contributed by atoms with Gasteiger partial charge in [-0.2, -0.15) is 0 Å². The van der Waals surface area contributed by atoms with E-state index < -0.39 is 30.1 Å². The zero-order chi connectivity index (χ0) is 23.8. The van der Waals surface area contributed by atoms with Crippen molar-refractivity contribution in [2.75, 3.05) is 11.9 Å². The third-order valence-corrected chi connectivity index (χ3v) is 5.10. The highest BCUT2D eigenvalue weighted by molar-refractivity contribution is 6.02. The van der Waals surface area contributed by atoms with Crippen molar-refractivity contribution in [1.82, 2.24) is 20.7 Å². The van der Waals surface area contributed by atoms with Crippen molar-refractivity contribution in [2.45, 2.75) is 58.7 Å². The number of halogens is 2. The van der Waals surface area contributed by atoms with Gasteiger partial charge in [-0.1, -0.05) is 0 Å². The normalized spacial score (nSPS) is 17.3. The number of allylic oxidation sites excluding steroid dienone is 2. The molecule has 0 aromatic carbocycles. The van der Waals surface area contributed by atoms with Crippen LogP contribution in [0.4, 0.5) is 14.6 Å². The van der Waals surface area contributed by atoms with Gasteiger partial charge in [0.05, 0.1) is 18.3 Å². The summed E-state index contributed by atoms with van der Waals surface area (Å²) in [7, 11) is 0. The number of nitrogens with zero attached hydrogens (tertiary/aromatic N) is 2. The lowest BCUT2D eigenvalue weighted by atomic mass is 10.1. The Balaban J connectivity index is 1.78. The van der Waals surface area contributed by atoms with E-state index in [0.29, 0.717) is 22.4 Å². The van der Waals surface area contributed by atoms with Gasteiger partial charge in [0.2, 0.25) is 5.88 Å². The Hall–Kier alpha value is -3.21. The number of aliphatic hydroxyl groups is 1. The van der Waals surface area contributed by atoms with Gasteiger partial charge in [0.25, 0.3) is 17.7 Å². The average molecular weight is 451 g/mol. The molecule has 32 heavy (non-hydrogen) atoms. The molecule has 11 heteroatoms. The lowest BCUT2D eigenvalue weighted by Gasteiger charge is -2.31. The van der Waals surface area contributed by atoms with E-state index in [1.165, 1.54) is 20.0 Å². The molecule has 4 N–H and O–H groups in total. The number of rotatable bonds is 7. The lowest BCUT2D eigenvalue weighted by Crippen LogP contribution is -2.45. The first kappa shape index (κ1) is 23.5. The molecule has 0 radical (unpaired) electrons. The van der Waals surface area contributed by atoms with E-state index in [1.54, 1.807) is 24.0 Å². The quantitative estimate of drug-likeness (QED) is 0.501. The Morgan fingerprint density at radius 3 is 2.66 bits per heavy atom. The summed E-state index contributed by atoms with van der Waals surface area (Å²) in [5, 5.41) is 12.5. The Bertz CT molecular complexity index is 995. The van der Waals surface area contributed by atoms with Crippen LogP contribution in [0, 0.1) is 0 Å². The van der Waals surface area contributed by atoms with E-state index in [9.17, 15) is 23.5 Å². The van der Waals surface area contributed by atoms with Crippen molar-refractivity contribution in [3.63, 3.8) is 0 Å². The fourth-order valence-electron chi connectivity index (χ4n) is 3.23. The second-order valence-corrected chi connectivity index (χ2v) is 8.53. The van der Waals surface area contributed by atoms with Gasteiger partial charge >= 0.3 is 0 Å². The highest BCUT2D eigenvalue weighted by Crippen LogP contribution is 2.31. The van der Waals surface area contributed by atoms with Crippen molar-refractivity contribution in [3.05, 3.63) is 46.6 Å². The van der Waals surface area contributed by atoms with Crippen molar-refractivity contribution >= 4 is 17.6 Å². The number of hydrazine groups is 1. The molecule has 2 aliphatic heterocycles. The van der Waals surface area contributed by atoms with Crippen LogP contribution >= 0.6 is 0 Å². The minimum atomic E-state index is -2.97. The number of aromatic nitrogens is 1. The first-order valence-electron chi connectivity index (χ1n) is 10.1. The molecular weight excluding hydrogens is 424 g/mol. The maximum atomic E-state index is 13.1. The highest BCUT2D eigenvalue weighted by atomic mass is 19.3. The lowest BCUT2D eigenvalue weighted by molar-refractivity contribution is -0.130. The Labute approximate surface area is 184 Å². The van der Waals surface area contributed by atoms with Gasteiger partial charge in [-0.05, 0) is 39.8 Å². The second-order valence-electron chi connectivity index (χ2n) is 8.53. The number of ether oxygens (including phenoxy) is 1. The van der Waals surface area contributed by atoms with Gasteiger partial charge in [-0.3, -0.25) is 15.0 Å². The minimum Gasteiger partial charge on any atom is -0.471 e. The molecule has 3 heterocycles. The van der Waals surface area contributed by atoms with Crippen LogP contribution in [0.5, 0.6) is 0 Å². The third-order valence-electron chi connectivity index (χ3n) is 5.10. The van der Waals surface area contributed by atoms with Crippen molar-refractivity contribution in [2.24, 2.45) is 0 Å². The van der Waals surface area contributed by atoms with Crippen LogP contribution < -0.4 is 16.2 Å². The van der Waals surface area contributed by atoms with Crippen molar-refractivity contribution < 1.29 is 28.2 Å². The summed E-state index contributed by atoms with van der Waals surface area (Å²) in [6, 6.07) is 1.16. The van der Waals surface area contributed by atoms with E-state index in [1.807, 2.05) is 6.92 Å². The van der Waals surface area contributed by atoms with Gasteiger partial charge in [-0.25, -0.2) is 13.8 Å². The number of carbonyl (C=O) groups excluding carboxylic acids is 2. The predicted molar refractivity (Wildman–Crippen MR) is 112 cm³/mol. The Morgan fingerprint density at radius 1 is 1.38 bits per heavy atom. The SMILES string of the molecule is CC1=C(OCC(C)(F)F)NNC(C(C)N2Cc3c(ccnc3NC(=O)C(C)(C)O)C2=O)=C1. The van der Waals surface area contributed by atoms with E-state index in [4.69, 9.17) is 4.74 Å². The number of hydrogen-bond donors (Lipinski definition) is 4. The van der Waals surface area contributed by atoms with Crippen molar-refractivity contribution in [1.29, 1.82) is 0 Å². The van der Waals surface area contributed by atoms with E-state index >= 15 is 0 Å². The summed E-state index contributed by atoms with van der Waals surface area (Å²) < 4.78 is 31.3. The van der Waals surface area contributed by atoms with Crippen LogP contribution in [0.25, 0.3) is 0 Å². The molecule has 1 unspecified atom stereocenters. The molecule has 1 atom stereocenters. The number of amides is 2. The van der Waals surface area contributed by atoms with Crippen molar-refractivity contribution in [3.8, 4) is 0 Å². The first-order valence-corrected chi connectivity index (χ1v) is 10.1. The molecule has 174 valence electrons. The van der Waals surface area contributed by atoms with Crippen LogP contribution in [0.2, 0.25) is 0 Å². The largest absolute Gasteiger partial charge is 0.471 e. The van der Waals surface area contributed by atoms with Crippen LogP contribution in [0.15, 0.2) is 35.5 Å². The van der Waals surface area contributed by atoms with Gasteiger partial charge in [0.15, 0.2) is 6.61 Å². The van der Waals surface area contributed by atoms with Crippen LogP contribution in [0.1, 0.15) is 50.5 Å². The van der Waals surface area contributed by atoms with E-state index in [0.717, 1.165) is 6.92 Å². The molecular formula is C21H27F2N5O4. The van der Waals surface area contributed by atoms with Gasteiger partial charge in [-0.15, -0.1) is 0 Å². The molecule has 0 saturated heterocycles. The molecule has 0 spiro atoms. The molecule has 9 nitrogen and oxygen atoms in total.